The van der Waals surface area contributed by atoms with Crippen LogP contribution in [0.5, 0.6) is 0 Å². The Morgan fingerprint density at radius 1 is 0.778 bits per heavy atom. The first-order valence-electron chi connectivity index (χ1n) is 10.7. The summed E-state index contributed by atoms with van der Waals surface area (Å²) in [5, 5.41) is 0. The molecule has 0 spiro atoms. The fourth-order valence-corrected chi connectivity index (χ4v) is 5.58. The summed E-state index contributed by atoms with van der Waals surface area (Å²) in [6, 6.07) is 12.7. The number of hydrogen-bond acceptors (Lipinski definition) is 0. The van der Waals surface area contributed by atoms with Crippen molar-refractivity contribution in [3.8, 4) is 11.1 Å². The third-order valence-electron chi connectivity index (χ3n) is 7.05. The Balaban J connectivity index is 1.42. The molecule has 4 rings (SSSR count). The van der Waals surface area contributed by atoms with Crippen LogP contribution in [-0.2, 0) is 0 Å². The van der Waals surface area contributed by atoms with Crippen LogP contribution in [-0.4, -0.2) is 0 Å². The number of benzene rings is 2. The van der Waals surface area contributed by atoms with Gasteiger partial charge in [0.1, 0.15) is 0 Å². The van der Waals surface area contributed by atoms with Gasteiger partial charge in [0.05, 0.1) is 0 Å². The number of rotatable bonds is 4. The van der Waals surface area contributed by atoms with Crippen LogP contribution in [0, 0.1) is 29.4 Å². The average Bonchev–Trinajstić information content (AvgIpc) is 2.70. The first-order chi connectivity index (χ1) is 13.1. The molecule has 0 aliphatic heterocycles. The largest absolute Gasteiger partial charge is 0.204 e. The lowest BCUT2D eigenvalue weighted by atomic mass is 9.63. The number of hydrogen-bond donors (Lipinski definition) is 0. The maximum Gasteiger partial charge on any atom is 0.159 e. The third-order valence-corrected chi connectivity index (χ3v) is 7.05. The summed E-state index contributed by atoms with van der Waals surface area (Å²) in [7, 11) is 0. The molecule has 2 saturated carbocycles. The Morgan fingerprint density at radius 3 is 2.22 bits per heavy atom. The molecule has 0 aromatic heterocycles. The lowest BCUT2D eigenvalue weighted by Gasteiger charge is -2.42. The maximum absolute atomic E-state index is 13.5. The van der Waals surface area contributed by atoms with E-state index in [1.807, 2.05) is 0 Å². The minimum Gasteiger partial charge on any atom is -0.204 e. The Hall–Kier alpha value is -1.70. The van der Waals surface area contributed by atoms with Crippen molar-refractivity contribution in [1.29, 1.82) is 0 Å². The fraction of sp³-hybridized carbons (Fsp3) is 0.520. The van der Waals surface area contributed by atoms with Gasteiger partial charge in [0.15, 0.2) is 11.6 Å². The van der Waals surface area contributed by atoms with Crippen LogP contribution in [0.15, 0.2) is 42.5 Å². The Bertz CT molecular complexity index is 764. The predicted octanol–water partition coefficient (Wildman–Crippen LogP) is 7.73. The van der Waals surface area contributed by atoms with Gasteiger partial charge in [-0.2, -0.15) is 0 Å². The second kappa shape index (κ2) is 8.12. The van der Waals surface area contributed by atoms with Crippen molar-refractivity contribution in [2.75, 3.05) is 0 Å². The Labute approximate surface area is 162 Å². The van der Waals surface area contributed by atoms with E-state index in [0.717, 1.165) is 28.9 Å². The molecule has 2 aliphatic carbocycles. The molecule has 2 aromatic rings. The van der Waals surface area contributed by atoms with Gasteiger partial charge in [-0.1, -0.05) is 56.5 Å². The Kier molecular flexibility index (Phi) is 5.61. The molecule has 4 atom stereocenters. The van der Waals surface area contributed by atoms with E-state index in [1.165, 1.54) is 69.1 Å². The SMILES string of the molecule is CCCC1CC[C@@H]2C[C@H](c3ccc(-c4ccc(F)c(F)c4)cc3)CC[C@@H]2C1. The molecule has 2 fully saturated rings. The normalized spacial score (nSPS) is 28.0. The number of fused-ring (bicyclic) bond motifs is 1. The Morgan fingerprint density at radius 2 is 1.48 bits per heavy atom. The minimum absolute atomic E-state index is 0.660. The van der Waals surface area contributed by atoms with Crippen molar-refractivity contribution in [2.45, 2.75) is 64.2 Å². The van der Waals surface area contributed by atoms with Gasteiger partial charge >= 0.3 is 0 Å². The van der Waals surface area contributed by atoms with Crippen LogP contribution in [0.4, 0.5) is 8.78 Å². The summed E-state index contributed by atoms with van der Waals surface area (Å²) in [5.41, 5.74) is 3.10. The second-order valence-corrected chi connectivity index (χ2v) is 8.75. The van der Waals surface area contributed by atoms with Crippen molar-refractivity contribution in [3.63, 3.8) is 0 Å². The molecule has 0 saturated heterocycles. The third kappa shape index (κ3) is 4.10. The van der Waals surface area contributed by atoms with Crippen molar-refractivity contribution in [1.82, 2.24) is 0 Å². The molecule has 1 unspecified atom stereocenters. The van der Waals surface area contributed by atoms with Gasteiger partial charge < -0.3 is 0 Å². The van der Waals surface area contributed by atoms with Crippen molar-refractivity contribution in [2.24, 2.45) is 17.8 Å². The highest BCUT2D eigenvalue weighted by Gasteiger charge is 2.35. The summed E-state index contributed by atoms with van der Waals surface area (Å²) in [4.78, 5) is 0. The van der Waals surface area contributed by atoms with E-state index in [0.29, 0.717) is 5.92 Å². The van der Waals surface area contributed by atoms with Gasteiger partial charge in [-0.25, -0.2) is 8.78 Å². The van der Waals surface area contributed by atoms with Gasteiger partial charge in [-0.05, 0) is 84.6 Å². The zero-order chi connectivity index (χ0) is 18.8. The molecule has 0 bridgehead atoms. The zero-order valence-electron chi connectivity index (χ0n) is 16.3. The summed E-state index contributed by atoms with van der Waals surface area (Å²) in [6.45, 7) is 2.31. The number of halogens is 2. The molecule has 2 heteroatoms. The molecule has 144 valence electrons. The van der Waals surface area contributed by atoms with Gasteiger partial charge in [-0.3, -0.25) is 0 Å². The van der Waals surface area contributed by atoms with E-state index in [1.54, 1.807) is 6.07 Å². The molecule has 0 radical (unpaired) electrons. The van der Waals surface area contributed by atoms with E-state index in [4.69, 9.17) is 0 Å². The van der Waals surface area contributed by atoms with E-state index in [-0.39, 0.29) is 0 Å². The summed E-state index contributed by atoms with van der Waals surface area (Å²) in [5.74, 6) is 1.92. The predicted molar refractivity (Wildman–Crippen MR) is 108 cm³/mol. The standard InChI is InChI=1S/C25H30F2/c1-2-3-17-4-5-22-15-21(11-10-20(22)14-17)18-6-8-19(9-7-18)23-12-13-24(26)25(27)16-23/h6-9,12-13,16-17,20-22H,2-5,10-11,14-15H2,1H3/t17?,20-,21-,22-/m1/s1. The molecule has 0 nitrogen and oxygen atoms in total. The van der Waals surface area contributed by atoms with Gasteiger partial charge in [0, 0.05) is 0 Å². The lowest BCUT2D eigenvalue weighted by molar-refractivity contribution is 0.114. The van der Waals surface area contributed by atoms with E-state index in [9.17, 15) is 8.78 Å². The molecular weight excluding hydrogens is 338 g/mol. The molecule has 27 heavy (non-hydrogen) atoms. The summed E-state index contributed by atoms with van der Waals surface area (Å²) < 4.78 is 26.6. The van der Waals surface area contributed by atoms with Crippen LogP contribution in [0.25, 0.3) is 11.1 Å². The molecule has 0 N–H and O–H groups in total. The first-order valence-corrected chi connectivity index (χ1v) is 10.7. The molecule has 0 heterocycles. The van der Waals surface area contributed by atoms with Crippen LogP contribution < -0.4 is 0 Å². The van der Waals surface area contributed by atoms with Gasteiger partial charge in [0.2, 0.25) is 0 Å². The first kappa shape index (κ1) is 18.7. The average molecular weight is 369 g/mol. The fourth-order valence-electron chi connectivity index (χ4n) is 5.58. The van der Waals surface area contributed by atoms with E-state index >= 15 is 0 Å². The van der Waals surface area contributed by atoms with Crippen molar-refractivity contribution < 1.29 is 8.78 Å². The monoisotopic (exact) mass is 368 g/mol. The maximum atomic E-state index is 13.5. The van der Waals surface area contributed by atoms with Crippen molar-refractivity contribution >= 4 is 0 Å². The highest BCUT2D eigenvalue weighted by atomic mass is 19.2. The van der Waals surface area contributed by atoms with Gasteiger partial charge in [-0.15, -0.1) is 0 Å². The highest BCUT2D eigenvalue weighted by Crippen LogP contribution is 2.48. The summed E-state index contributed by atoms with van der Waals surface area (Å²) in [6.07, 6.45) is 11.0. The van der Waals surface area contributed by atoms with Crippen molar-refractivity contribution in [3.05, 3.63) is 59.7 Å². The van der Waals surface area contributed by atoms with Crippen LogP contribution in [0.1, 0.15) is 69.8 Å². The molecule has 2 aromatic carbocycles. The molecular formula is C25H30F2. The van der Waals surface area contributed by atoms with E-state index in [2.05, 4.69) is 31.2 Å². The zero-order valence-corrected chi connectivity index (χ0v) is 16.3. The minimum atomic E-state index is -0.791. The van der Waals surface area contributed by atoms with E-state index < -0.39 is 11.6 Å². The second-order valence-electron chi connectivity index (χ2n) is 8.75. The summed E-state index contributed by atoms with van der Waals surface area (Å²) >= 11 is 0. The van der Waals surface area contributed by atoms with Crippen LogP contribution >= 0.6 is 0 Å². The molecule has 0 amide bonds. The van der Waals surface area contributed by atoms with Crippen LogP contribution in [0.3, 0.4) is 0 Å². The molecule has 2 aliphatic rings. The smallest absolute Gasteiger partial charge is 0.159 e. The highest BCUT2D eigenvalue weighted by molar-refractivity contribution is 5.63. The quantitative estimate of drug-likeness (QED) is 0.518. The lowest BCUT2D eigenvalue weighted by Crippen LogP contribution is -2.30. The van der Waals surface area contributed by atoms with Gasteiger partial charge in [0.25, 0.3) is 0 Å². The van der Waals surface area contributed by atoms with Crippen LogP contribution in [0.2, 0.25) is 0 Å². The topological polar surface area (TPSA) is 0 Å².